The first kappa shape index (κ1) is 14.8. The molecule has 1 rings (SSSR count). The summed E-state index contributed by atoms with van der Waals surface area (Å²) in [4.78, 5) is 2.31. The van der Waals surface area contributed by atoms with Crippen LogP contribution < -0.4 is 10.2 Å². The second-order valence-corrected chi connectivity index (χ2v) is 5.24. The molecular formula is C15H26N2O. The van der Waals surface area contributed by atoms with E-state index >= 15 is 0 Å². The molecule has 2 N–H and O–H groups in total. The summed E-state index contributed by atoms with van der Waals surface area (Å²) in [6.45, 7) is 12.0. The molecule has 3 heteroatoms. The van der Waals surface area contributed by atoms with Crippen LogP contribution in [0.2, 0.25) is 0 Å². The highest BCUT2D eigenvalue weighted by atomic mass is 16.3. The SMILES string of the molecule is CCN(CC)c1ccc(NC(C)C(C)(C)O)cc1. The maximum Gasteiger partial charge on any atom is 0.0789 e. The van der Waals surface area contributed by atoms with Crippen LogP contribution in [0.5, 0.6) is 0 Å². The van der Waals surface area contributed by atoms with Gasteiger partial charge in [-0.1, -0.05) is 0 Å². The lowest BCUT2D eigenvalue weighted by molar-refractivity contribution is 0.0649. The van der Waals surface area contributed by atoms with Gasteiger partial charge in [0, 0.05) is 24.5 Å². The predicted octanol–water partition coefficient (Wildman–Crippen LogP) is 3.10. The number of hydrogen-bond acceptors (Lipinski definition) is 3. The van der Waals surface area contributed by atoms with Crippen LogP contribution in [0.4, 0.5) is 11.4 Å². The lowest BCUT2D eigenvalue weighted by Gasteiger charge is -2.28. The summed E-state index contributed by atoms with van der Waals surface area (Å²) in [5.41, 5.74) is 1.55. The maximum atomic E-state index is 9.90. The quantitative estimate of drug-likeness (QED) is 0.814. The Kier molecular flexibility index (Phi) is 5.03. The van der Waals surface area contributed by atoms with E-state index in [4.69, 9.17) is 0 Å². The van der Waals surface area contributed by atoms with Crippen molar-refractivity contribution in [1.29, 1.82) is 0 Å². The summed E-state index contributed by atoms with van der Waals surface area (Å²) < 4.78 is 0. The lowest BCUT2D eigenvalue weighted by atomic mass is 10.0. The standard InChI is InChI=1S/C15H26N2O/c1-6-17(7-2)14-10-8-13(9-11-14)16-12(3)15(4,5)18/h8-12,16,18H,6-7H2,1-5H3. The van der Waals surface area contributed by atoms with Crippen LogP contribution in [-0.2, 0) is 0 Å². The molecule has 0 heterocycles. The first-order chi connectivity index (χ1) is 8.38. The number of nitrogens with one attached hydrogen (secondary N) is 1. The van der Waals surface area contributed by atoms with Gasteiger partial charge in [-0.25, -0.2) is 0 Å². The van der Waals surface area contributed by atoms with E-state index in [1.165, 1.54) is 5.69 Å². The van der Waals surface area contributed by atoms with Crippen LogP contribution in [0.1, 0.15) is 34.6 Å². The smallest absolute Gasteiger partial charge is 0.0789 e. The fourth-order valence-electron chi connectivity index (χ4n) is 1.78. The van der Waals surface area contributed by atoms with Gasteiger partial charge >= 0.3 is 0 Å². The van der Waals surface area contributed by atoms with E-state index in [-0.39, 0.29) is 6.04 Å². The predicted molar refractivity (Wildman–Crippen MR) is 79.4 cm³/mol. The van der Waals surface area contributed by atoms with Crippen LogP contribution in [0.3, 0.4) is 0 Å². The molecule has 0 saturated carbocycles. The zero-order valence-corrected chi connectivity index (χ0v) is 12.2. The average molecular weight is 250 g/mol. The minimum atomic E-state index is -0.725. The Balaban J connectivity index is 2.71. The molecular weight excluding hydrogens is 224 g/mol. The average Bonchev–Trinajstić information content (AvgIpc) is 2.31. The van der Waals surface area contributed by atoms with E-state index < -0.39 is 5.60 Å². The third-order valence-electron chi connectivity index (χ3n) is 3.44. The Morgan fingerprint density at radius 2 is 1.67 bits per heavy atom. The minimum absolute atomic E-state index is 0.0109. The number of benzene rings is 1. The van der Waals surface area contributed by atoms with E-state index in [9.17, 15) is 5.11 Å². The largest absolute Gasteiger partial charge is 0.388 e. The van der Waals surface area contributed by atoms with Crippen molar-refractivity contribution in [3.8, 4) is 0 Å². The summed E-state index contributed by atoms with van der Waals surface area (Å²) in [6, 6.07) is 8.38. The molecule has 0 aliphatic heterocycles. The molecule has 0 radical (unpaired) electrons. The van der Waals surface area contributed by atoms with Crippen molar-refractivity contribution in [1.82, 2.24) is 0 Å². The highest BCUT2D eigenvalue weighted by Crippen LogP contribution is 2.20. The van der Waals surface area contributed by atoms with Crippen molar-refractivity contribution in [2.24, 2.45) is 0 Å². The molecule has 0 bridgehead atoms. The molecule has 0 aromatic heterocycles. The Morgan fingerprint density at radius 1 is 1.17 bits per heavy atom. The van der Waals surface area contributed by atoms with Gasteiger partial charge in [-0.2, -0.15) is 0 Å². The van der Waals surface area contributed by atoms with Gasteiger partial charge in [-0.05, 0) is 58.9 Å². The van der Waals surface area contributed by atoms with Crippen LogP contribution in [0.15, 0.2) is 24.3 Å². The van der Waals surface area contributed by atoms with Gasteiger partial charge in [-0.15, -0.1) is 0 Å². The van der Waals surface area contributed by atoms with Gasteiger partial charge in [0.1, 0.15) is 0 Å². The normalized spacial score (nSPS) is 13.2. The maximum absolute atomic E-state index is 9.90. The van der Waals surface area contributed by atoms with Crippen molar-refractivity contribution in [3.05, 3.63) is 24.3 Å². The highest BCUT2D eigenvalue weighted by molar-refractivity contribution is 5.55. The molecule has 0 spiro atoms. The van der Waals surface area contributed by atoms with E-state index in [0.29, 0.717) is 0 Å². The van der Waals surface area contributed by atoms with Crippen LogP contribution in [-0.4, -0.2) is 29.8 Å². The number of hydrogen-bond donors (Lipinski definition) is 2. The van der Waals surface area contributed by atoms with Crippen molar-refractivity contribution < 1.29 is 5.11 Å². The van der Waals surface area contributed by atoms with E-state index in [2.05, 4.69) is 48.3 Å². The third-order valence-corrected chi connectivity index (χ3v) is 3.44. The van der Waals surface area contributed by atoms with Crippen molar-refractivity contribution in [3.63, 3.8) is 0 Å². The van der Waals surface area contributed by atoms with Crippen molar-refractivity contribution >= 4 is 11.4 Å². The summed E-state index contributed by atoms with van der Waals surface area (Å²) in [5, 5.41) is 13.2. The second kappa shape index (κ2) is 6.10. The molecule has 0 fully saturated rings. The fraction of sp³-hybridized carbons (Fsp3) is 0.600. The molecule has 1 aromatic rings. The third kappa shape index (κ3) is 3.91. The molecule has 0 aliphatic rings. The van der Waals surface area contributed by atoms with Gasteiger partial charge in [0.25, 0.3) is 0 Å². The van der Waals surface area contributed by atoms with E-state index in [1.54, 1.807) is 0 Å². The Bertz CT molecular complexity index is 350. The summed E-state index contributed by atoms with van der Waals surface area (Å²) in [7, 11) is 0. The molecule has 0 aliphatic carbocycles. The Hall–Kier alpha value is -1.22. The monoisotopic (exact) mass is 250 g/mol. The minimum Gasteiger partial charge on any atom is -0.388 e. The zero-order chi connectivity index (χ0) is 13.8. The molecule has 0 amide bonds. The van der Waals surface area contributed by atoms with E-state index in [1.807, 2.05) is 20.8 Å². The topological polar surface area (TPSA) is 35.5 Å². The molecule has 3 nitrogen and oxygen atoms in total. The Labute approximate surface area is 111 Å². The van der Waals surface area contributed by atoms with Gasteiger partial charge in [0.15, 0.2) is 0 Å². The van der Waals surface area contributed by atoms with Crippen molar-refractivity contribution in [2.75, 3.05) is 23.3 Å². The molecule has 102 valence electrons. The fourth-order valence-corrected chi connectivity index (χ4v) is 1.78. The lowest BCUT2D eigenvalue weighted by Crippen LogP contribution is -2.39. The first-order valence-corrected chi connectivity index (χ1v) is 6.72. The van der Waals surface area contributed by atoms with E-state index in [0.717, 1.165) is 18.8 Å². The van der Waals surface area contributed by atoms with Crippen LogP contribution in [0, 0.1) is 0 Å². The highest BCUT2D eigenvalue weighted by Gasteiger charge is 2.21. The number of anilines is 2. The molecule has 1 unspecified atom stereocenters. The summed E-state index contributed by atoms with van der Waals surface area (Å²) in [6.07, 6.45) is 0. The zero-order valence-electron chi connectivity index (χ0n) is 12.2. The second-order valence-electron chi connectivity index (χ2n) is 5.24. The first-order valence-electron chi connectivity index (χ1n) is 6.72. The van der Waals surface area contributed by atoms with Gasteiger partial charge in [0.2, 0.25) is 0 Å². The molecule has 1 aromatic carbocycles. The Morgan fingerprint density at radius 3 is 2.06 bits per heavy atom. The summed E-state index contributed by atoms with van der Waals surface area (Å²) >= 11 is 0. The van der Waals surface area contributed by atoms with Gasteiger partial charge in [-0.3, -0.25) is 0 Å². The number of aliphatic hydroxyl groups is 1. The van der Waals surface area contributed by atoms with Crippen LogP contribution in [0.25, 0.3) is 0 Å². The number of nitrogens with zero attached hydrogens (tertiary/aromatic N) is 1. The molecule has 0 saturated heterocycles. The number of rotatable bonds is 6. The molecule has 18 heavy (non-hydrogen) atoms. The summed E-state index contributed by atoms with van der Waals surface area (Å²) in [5.74, 6) is 0. The van der Waals surface area contributed by atoms with Crippen molar-refractivity contribution in [2.45, 2.75) is 46.3 Å². The molecule has 1 atom stereocenters. The van der Waals surface area contributed by atoms with Gasteiger partial charge in [0.05, 0.1) is 11.6 Å². The van der Waals surface area contributed by atoms with Crippen LogP contribution >= 0.6 is 0 Å². The van der Waals surface area contributed by atoms with Gasteiger partial charge < -0.3 is 15.3 Å².